The van der Waals surface area contributed by atoms with Crippen molar-refractivity contribution in [2.75, 3.05) is 25.4 Å². The number of amides is 1. The van der Waals surface area contributed by atoms with Crippen LogP contribution in [0, 0.1) is 5.92 Å². The molecule has 0 bridgehead atoms. The highest BCUT2D eigenvalue weighted by atomic mass is 32.2. The first-order valence-corrected chi connectivity index (χ1v) is 11.0. The Balaban J connectivity index is 1.24. The van der Waals surface area contributed by atoms with E-state index in [1.807, 2.05) is 34.9 Å². The van der Waals surface area contributed by atoms with Gasteiger partial charge < -0.3 is 9.64 Å². The summed E-state index contributed by atoms with van der Waals surface area (Å²) >= 11 is 1.85. The molecule has 1 aromatic carbocycles. The summed E-state index contributed by atoms with van der Waals surface area (Å²) in [4.78, 5) is 27.1. The van der Waals surface area contributed by atoms with E-state index in [2.05, 4.69) is 11.2 Å². The summed E-state index contributed by atoms with van der Waals surface area (Å²) in [6.07, 6.45) is 1.29. The van der Waals surface area contributed by atoms with Crippen LogP contribution in [-0.4, -0.2) is 46.0 Å². The van der Waals surface area contributed by atoms with Crippen LogP contribution in [0.5, 0.6) is 0 Å². The maximum absolute atomic E-state index is 12.9. The van der Waals surface area contributed by atoms with E-state index in [0.717, 1.165) is 41.2 Å². The molecule has 146 valence electrons. The SMILES string of the molecule is O=C(C1OCCc2ccccc21)N1CC(Cn2nc3c(cc2=O)CSCC3)C1. The van der Waals surface area contributed by atoms with Gasteiger partial charge in [0.15, 0.2) is 6.10 Å². The van der Waals surface area contributed by atoms with Gasteiger partial charge in [0.25, 0.3) is 11.5 Å². The topological polar surface area (TPSA) is 64.4 Å². The maximum atomic E-state index is 12.9. The highest BCUT2D eigenvalue weighted by molar-refractivity contribution is 7.98. The molecule has 3 aliphatic rings. The van der Waals surface area contributed by atoms with Crippen LogP contribution in [0.4, 0.5) is 0 Å². The lowest BCUT2D eigenvalue weighted by Crippen LogP contribution is -2.54. The number of hydrogen-bond acceptors (Lipinski definition) is 5. The van der Waals surface area contributed by atoms with Crippen LogP contribution >= 0.6 is 11.8 Å². The molecule has 0 aliphatic carbocycles. The number of fused-ring (bicyclic) bond motifs is 2. The molecule has 4 heterocycles. The maximum Gasteiger partial charge on any atom is 0.267 e. The molecule has 7 heteroatoms. The molecule has 28 heavy (non-hydrogen) atoms. The number of aromatic nitrogens is 2. The lowest BCUT2D eigenvalue weighted by atomic mass is 9.94. The van der Waals surface area contributed by atoms with Crippen LogP contribution < -0.4 is 5.56 Å². The third kappa shape index (κ3) is 3.26. The van der Waals surface area contributed by atoms with Gasteiger partial charge in [-0.15, -0.1) is 0 Å². The first-order valence-electron chi connectivity index (χ1n) is 9.85. The Hall–Kier alpha value is -2.12. The van der Waals surface area contributed by atoms with Crippen molar-refractivity contribution in [3.05, 3.63) is 63.1 Å². The number of ether oxygens (including phenoxy) is 1. The Morgan fingerprint density at radius 1 is 1.21 bits per heavy atom. The number of carbonyl (C=O) groups excluding carboxylic acids is 1. The largest absolute Gasteiger partial charge is 0.363 e. The van der Waals surface area contributed by atoms with Crippen LogP contribution in [0.25, 0.3) is 0 Å². The fraction of sp³-hybridized carbons (Fsp3) is 0.476. The number of aryl methyl sites for hydroxylation is 1. The Morgan fingerprint density at radius 2 is 2.07 bits per heavy atom. The monoisotopic (exact) mass is 397 g/mol. The summed E-state index contributed by atoms with van der Waals surface area (Å²) in [6, 6.07) is 9.77. The van der Waals surface area contributed by atoms with Gasteiger partial charge in [-0.2, -0.15) is 16.9 Å². The summed E-state index contributed by atoms with van der Waals surface area (Å²) in [5.41, 5.74) is 4.30. The Labute approximate surface area is 167 Å². The molecule has 1 amide bonds. The summed E-state index contributed by atoms with van der Waals surface area (Å²) in [7, 11) is 0. The van der Waals surface area contributed by atoms with E-state index in [4.69, 9.17) is 4.74 Å². The van der Waals surface area contributed by atoms with Gasteiger partial charge in [-0.3, -0.25) is 9.59 Å². The standard InChI is InChI=1S/C21H23N3O3S/c25-19-9-16-13-28-8-6-18(16)22-24(19)12-14-10-23(11-14)21(26)20-17-4-2-1-3-15(17)5-7-27-20/h1-4,9,14,20H,5-8,10-13H2. The third-order valence-electron chi connectivity index (χ3n) is 5.82. The number of rotatable bonds is 3. The molecule has 6 nitrogen and oxygen atoms in total. The molecule has 0 radical (unpaired) electrons. The van der Waals surface area contributed by atoms with Crippen molar-refractivity contribution in [2.24, 2.45) is 5.92 Å². The van der Waals surface area contributed by atoms with E-state index in [1.165, 1.54) is 5.56 Å². The van der Waals surface area contributed by atoms with Gasteiger partial charge in [-0.1, -0.05) is 24.3 Å². The number of hydrogen-bond donors (Lipinski definition) is 0. The molecule has 0 saturated carbocycles. The van der Waals surface area contributed by atoms with Gasteiger partial charge in [0.05, 0.1) is 18.8 Å². The van der Waals surface area contributed by atoms with Gasteiger partial charge in [0.2, 0.25) is 0 Å². The highest BCUT2D eigenvalue weighted by Gasteiger charge is 2.37. The molecule has 0 spiro atoms. The van der Waals surface area contributed by atoms with Crippen LogP contribution in [0.2, 0.25) is 0 Å². The number of nitrogens with zero attached hydrogens (tertiary/aromatic N) is 3. The second kappa shape index (κ2) is 7.37. The predicted molar refractivity (Wildman–Crippen MR) is 107 cm³/mol. The number of likely N-dealkylation sites (tertiary alicyclic amines) is 1. The number of thioether (sulfide) groups is 1. The first kappa shape index (κ1) is 17.9. The normalized spacial score (nSPS) is 21.6. The van der Waals surface area contributed by atoms with Gasteiger partial charge in [0, 0.05) is 37.2 Å². The molecular weight excluding hydrogens is 374 g/mol. The summed E-state index contributed by atoms with van der Waals surface area (Å²) in [5.74, 6) is 2.25. The second-order valence-electron chi connectivity index (χ2n) is 7.75. The average Bonchev–Trinajstić information content (AvgIpc) is 2.69. The number of carbonyl (C=O) groups is 1. The zero-order valence-electron chi connectivity index (χ0n) is 15.7. The molecular formula is C21H23N3O3S. The van der Waals surface area contributed by atoms with Crippen LogP contribution in [0.1, 0.15) is 28.5 Å². The highest BCUT2D eigenvalue weighted by Crippen LogP contribution is 2.31. The van der Waals surface area contributed by atoms with Crippen molar-refractivity contribution in [1.82, 2.24) is 14.7 Å². The van der Waals surface area contributed by atoms with Crippen LogP contribution in [0.15, 0.2) is 35.1 Å². The lowest BCUT2D eigenvalue weighted by Gasteiger charge is -2.41. The van der Waals surface area contributed by atoms with Gasteiger partial charge in [-0.25, -0.2) is 4.68 Å². The molecule has 5 rings (SSSR count). The van der Waals surface area contributed by atoms with Crippen molar-refractivity contribution in [2.45, 2.75) is 31.2 Å². The smallest absolute Gasteiger partial charge is 0.267 e. The minimum Gasteiger partial charge on any atom is -0.363 e. The number of benzene rings is 1. The van der Waals surface area contributed by atoms with Crippen molar-refractivity contribution < 1.29 is 9.53 Å². The molecule has 1 saturated heterocycles. The van der Waals surface area contributed by atoms with Crippen molar-refractivity contribution in [3.8, 4) is 0 Å². The van der Waals surface area contributed by atoms with Crippen LogP contribution in [0.3, 0.4) is 0 Å². The van der Waals surface area contributed by atoms with Crippen molar-refractivity contribution >= 4 is 17.7 Å². The fourth-order valence-electron chi connectivity index (χ4n) is 4.26. The minimum absolute atomic E-state index is 0.0319. The quantitative estimate of drug-likeness (QED) is 0.790. The minimum atomic E-state index is -0.493. The molecule has 1 atom stereocenters. The molecule has 3 aliphatic heterocycles. The van der Waals surface area contributed by atoms with Crippen LogP contribution in [-0.2, 0) is 34.7 Å². The van der Waals surface area contributed by atoms with E-state index in [-0.39, 0.29) is 17.4 Å². The fourth-order valence-corrected chi connectivity index (χ4v) is 5.21. The molecule has 1 aromatic heterocycles. The third-order valence-corrected chi connectivity index (χ3v) is 6.83. The van der Waals surface area contributed by atoms with Gasteiger partial charge >= 0.3 is 0 Å². The molecule has 0 N–H and O–H groups in total. The van der Waals surface area contributed by atoms with Crippen molar-refractivity contribution in [3.63, 3.8) is 0 Å². The molecule has 1 unspecified atom stereocenters. The van der Waals surface area contributed by atoms with Gasteiger partial charge in [-0.05, 0) is 28.9 Å². The summed E-state index contributed by atoms with van der Waals surface area (Å²) < 4.78 is 7.39. The van der Waals surface area contributed by atoms with E-state index >= 15 is 0 Å². The first-order chi connectivity index (χ1) is 13.7. The predicted octanol–water partition coefficient (Wildman–Crippen LogP) is 1.80. The lowest BCUT2D eigenvalue weighted by molar-refractivity contribution is -0.152. The zero-order chi connectivity index (χ0) is 19.1. The Morgan fingerprint density at radius 3 is 2.96 bits per heavy atom. The average molecular weight is 398 g/mol. The van der Waals surface area contributed by atoms with E-state index in [9.17, 15) is 9.59 Å². The molecule has 2 aromatic rings. The Kier molecular flexibility index (Phi) is 4.72. The van der Waals surface area contributed by atoms with E-state index in [0.29, 0.717) is 26.2 Å². The Bertz CT molecular complexity index is 968. The van der Waals surface area contributed by atoms with Gasteiger partial charge in [0.1, 0.15) is 0 Å². The van der Waals surface area contributed by atoms with E-state index < -0.39 is 6.10 Å². The summed E-state index contributed by atoms with van der Waals surface area (Å²) in [6.45, 7) is 2.46. The summed E-state index contributed by atoms with van der Waals surface area (Å²) in [5, 5.41) is 4.59. The van der Waals surface area contributed by atoms with Crippen molar-refractivity contribution in [1.29, 1.82) is 0 Å². The van der Waals surface area contributed by atoms with E-state index in [1.54, 1.807) is 10.7 Å². The second-order valence-corrected chi connectivity index (χ2v) is 8.85. The molecule has 1 fully saturated rings. The zero-order valence-corrected chi connectivity index (χ0v) is 16.5.